The van der Waals surface area contributed by atoms with Crippen molar-refractivity contribution in [3.8, 4) is 0 Å². The van der Waals surface area contributed by atoms with Crippen LogP contribution in [-0.2, 0) is 14.3 Å². The first-order valence-corrected chi connectivity index (χ1v) is 33.4. The number of hydrogen-bond acceptors (Lipinski definition) is 5. The summed E-state index contributed by atoms with van der Waals surface area (Å²) in [6.45, 7) is 4.89. The summed E-state index contributed by atoms with van der Waals surface area (Å²) in [5, 5.41) is 23.2. The standard InChI is InChI=1S/C69H129NO5/c1-3-5-7-9-11-13-15-17-19-21-23-26-29-33-37-41-45-49-53-57-61-67(72)66(65-71)70-68(73)62-58-54-50-46-42-38-34-30-27-24-28-32-36-40-44-48-52-56-60-64-75-69(74)63-59-55-51-47-43-39-35-31-25-22-20-18-16-14-12-10-8-6-4-2/h12,14,18,20,24,27,57,61,66-67,71-72H,3-11,13,15-17,19,21-23,25-26,28-56,58-60,62-65H2,1-2H3,(H,70,73)/b14-12-,20-18-,27-24-,61-57+. The first kappa shape index (κ1) is 72.8. The minimum atomic E-state index is -0.853. The second-order valence-electron chi connectivity index (χ2n) is 22.8. The monoisotopic (exact) mass is 1050 g/mol. The Bertz CT molecular complexity index is 1260. The van der Waals surface area contributed by atoms with Gasteiger partial charge in [0.2, 0.25) is 5.91 Å². The van der Waals surface area contributed by atoms with Gasteiger partial charge in [-0.15, -0.1) is 0 Å². The molecule has 6 nitrogen and oxygen atoms in total. The van der Waals surface area contributed by atoms with Crippen molar-refractivity contribution >= 4 is 11.9 Å². The number of hydrogen-bond donors (Lipinski definition) is 3. The highest BCUT2D eigenvalue weighted by Crippen LogP contribution is 2.17. The van der Waals surface area contributed by atoms with Crippen LogP contribution in [0.4, 0.5) is 0 Å². The van der Waals surface area contributed by atoms with Crippen LogP contribution in [0.1, 0.15) is 354 Å². The number of amides is 1. The molecule has 0 aromatic rings. The minimum absolute atomic E-state index is 0.000411. The van der Waals surface area contributed by atoms with Crippen LogP contribution >= 0.6 is 0 Å². The molecule has 440 valence electrons. The summed E-state index contributed by atoms with van der Waals surface area (Å²) in [6.07, 6.45) is 83.0. The SMILES string of the molecule is CCCCC/C=C\C/C=C\CCCCCCCCCCCC(=O)OCCCCCCCCCC/C=C\CCCCCCCCCC(=O)NC(CO)C(O)/C=C/CCCCCCCCCCCCCCCCCCCC. The Kier molecular flexibility index (Phi) is 62.5. The van der Waals surface area contributed by atoms with Gasteiger partial charge in [-0.3, -0.25) is 9.59 Å². The Labute approximate surface area is 467 Å². The van der Waals surface area contributed by atoms with Crippen LogP contribution in [0.3, 0.4) is 0 Å². The zero-order valence-corrected chi connectivity index (χ0v) is 50.3. The summed E-state index contributed by atoms with van der Waals surface area (Å²) in [7, 11) is 0. The summed E-state index contributed by atoms with van der Waals surface area (Å²) in [5.41, 5.74) is 0. The van der Waals surface area contributed by atoms with Crippen molar-refractivity contribution in [3.05, 3.63) is 48.6 Å². The highest BCUT2D eigenvalue weighted by Gasteiger charge is 2.18. The number of allylic oxidation sites excluding steroid dienone is 7. The summed E-state index contributed by atoms with van der Waals surface area (Å²) < 4.78 is 5.49. The lowest BCUT2D eigenvalue weighted by Gasteiger charge is -2.20. The van der Waals surface area contributed by atoms with Crippen LogP contribution < -0.4 is 5.32 Å². The Hall–Kier alpha value is -2.18. The number of carbonyl (C=O) groups is 2. The third-order valence-electron chi connectivity index (χ3n) is 15.3. The maximum atomic E-state index is 12.5. The fourth-order valence-electron chi connectivity index (χ4n) is 10.2. The Morgan fingerprint density at radius 2 is 0.667 bits per heavy atom. The van der Waals surface area contributed by atoms with Crippen LogP contribution in [0.5, 0.6) is 0 Å². The molecule has 0 aromatic heterocycles. The minimum Gasteiger partial charge on any atom is -0.466 e. The van der Waals surface area contributed by atoms with E-state index in [0.29, 0.717) is 19.4 Å². The van der Waals surface area contributed by atoms with Gasteiger partial charge in [0.05, 0.1) is 25.4 Å². The van der Waals surface area contributed by atoms with Crippen molar-refractivity contribution in [1.82, 2.24) is 5.32 Å². The Morgan fingerprint density at radius 3 is 1.05 bits per heavy atom. The molecule has 0 aromatic carbocycles. The van der Waals surface area contributed by atoms with Crippen molar-refractivity contribution in [3.63, 3.8) is 0 Å². The van der Waals surface area contributed by atoms with Crippen LogP contribution in [0.15, 0.2) is 48.6 Å². The summed E-state index contributed by atoms with van der Waals surface area (Å²) in [4.78, 5) is 24.6. The number of nitrogens with one attached hydrogen (secondary N) is 1. The van der Waals surface area contributed by atoms with Gasteiger partial charge in [-0.05, 0) is 89.9 Å². The molecule has 1 amide bonds. The number of ether oxygens (including phenoxy) is 1. The number of unbranched alkanes of at least 4 members (excludes halogenated alkanes) is 45. The van der Waals surface area contributed by atoms with E-state index in [0.717, 1.165) is 57.8 Å². The number of carbonyl (C=O) groups excluding carboxylic acids is 2. The van der Waals surface area contributed by atoms with Gasteiger partial charge in [-0.1, -0.05) is 300 Å². The summed E-state index contributed by atoms with van der Waals surface area (Å²) >= 11 is 0. The normalized spacial score (nSPS) is 12.9. The van der Waals surface area contributed by atoms with Crippen LogP contribution in [0, 0.1) is 0 Å². The highest BCUT2D eigenvalue weighted by molar-refractivity contribution is 5.76. The molecule has 3 N–H and O–H groups in total. The molecule has 0 aliphatic rings. The van der Waals surface area contributed by atoms with E-state index < -0.39 is 12.1 Å². The molecular formula is C69H129NO5. The third-order valence-corrected chi connectivity index (χ3v) is 15.3. The molecule has 0 rings (SSSR count). The molecule has 0 fully saturated rings. The Morgan fingerprint density at radius 1 is 0.373 bits per heavy atom. The van der Waals surface area contributed by atoms with E-state index in [4.69, 9.17) is 4.74 Å². The molecule has 0 spiro atoms. The fourth-order valence-corrected chi connectivity index (χ4v) is 10.2. The van der Waals surface area contributed by atoms with Crippen molar-refractivity contribution in [2.75, 3.05) is 13.2 Å². The van der Waals surface area contributed by atoms with Gasteiger partial charge >= 0.3 is 5.97 Å². The number of rotatable bonds is 62. The van der Waals surface area contributed by atoms with Crippen LogP contribution in [0.25, 0.3) is 0 Å². The van der Waals surface area contributed by atoms with Crippen molar-refractivity contribution < 1.29 is 24.5 Å². The smallest absolute Gasteiger partial charge is 0.305 e. The fraction of sp³-hybridized carbons (Fsp3) is 0.855. The zero-order valence-electron chi connectivity index (χ0n) is 50.3. The van der Waals surface area contributed by atoms with E-state index in [2.05, 4.69) is 55.6 Å². The van der Waals surface area contributed by atoms with Gasteiger partial charge in [-0.2, -0.15) is 0 Å². The van der Waals surface area contributed by atoms with E-state index in [9.17, 15) is 19.8 Å². The molecule has 2 atom stereocenters. The summed E-state index contributed by atoms with van der Waals surface area (Å²) in [5.74, 6) is -0.0758. The molecule has 0 saturated heterocycles. The van der Waals surface area contributed by atoms with E-state index in [-0.39, 0.29) is 18.5 Å². The Balaban J connectivity index is 3.46. The molecule has 0 heterocycles. The average molecular weight is 1050 g/mol. The molecule has 0 bridgehead atoms. The van der Waals surface area contributed by atoms with Gasteiger partial charge in [0.25, 0.3) is 0 Å². The van der Waals surface area contributed by atoms with Crippen LogP contribution in [0.2, 0.25) is 0 Å². The third kappa shape index (κ3) is 60.9. The average Bonchev–Trinajstić information content (AvgIpc) is 3.41. The van der Waals surface area contributed by atoms with Crippen molar-refractivity contribution in [1.29, 1.82) is 0 Å². The van der Waals surface area contributed by atoms with E-state index in [1.165, 1.54) is 270 Å². The van der Waals surface area contributed by atoms with Gasteiger partial charge in [0.1, 0.15) is 0 Å². The van der Waals surface area contributed by atoms with E-state index >= 15 is 0 Å². The predicted molar refractivity (Wildman–Crippen MR) is 329 cm³/mol. The topological polar surface area (TPSA) is 95.9 Å². The number of aliphatic hydroxyl groups excluding tert-OH is 2. The maximum Gasteiger partial charge on any atom is 0.305 e. The largest absolute Gasteiger partial charge is 0.466 e. The van der Waals surface area contributed by atoms with Gasteiger partial charge in [0, 0.05) is 12.8 Å². The van der Waals surface area contributed by atoms with E-state index in [1.807, 2.05) is 6.08 Å². The lowest BCUT2D eigenvalue weighted by atomic mass is 10.0. The van der Waals surface area contributed by atoms with Crippen molar-refractivity contribution in [2.24, 2.45) is 0 Å². The lowest BCUT2D eigenvalue weighted by molar-refractivity contribution is -0.143. The molecule has 6 heteroatoms. The first-order valence-electron chi connectivity index (χ1n) is 33.4. The predicted octanol–water partition coefficient (Wildman–Crippen LogP) is 21.3. The number of aliphatic hydroxyl groups is 2. The first-order chi connectivity index (χ1) is 37.0. The highest BCUT2D eigenvalue weighted by atomic mass is 16.5. The van der Waals surface area contributed by atoms with Gasteiger partial charge in [0.15, 0.2) is 0 Å². The van der Waals surface area contributed by atoms with Crippen LogP contribution in [-0.4, -0.2) is 47.4 Å². The van der Waals surface area contributed by atoms with Crippen molar-refractivity contribution in [2.45, 2.75) is 366 Å². The molecule has 0 aliphatic carbocycles. The second kappa shape index (κ2) is 64.3. The van der Waals surface area contributed by atoms with Gasteiger partial charge in [-0.25, -0.2) is 0 Å². The lowest BCUT2D eigenvalue weighted by Crippen LogP contribution is -2.45. The molecular weight excluding hydrogens is 923 g/mol. The maximum absolute atomic E-state index is 12.5. The van der Waals surface area contributed by atoms with E-state index in [1.54, 1.807) is 6.08 Å². The molecule has 75 heavy (non-hydrogen) atoms. The second-order valence-corrected chi connectivity index (χ2v) is 22.8. The summed E-state index contributed by atoms with van der Waals surface area (Å²) in [6, 6.07) is -0.637. The quantitative estimate of drug-likeness (QED) is 0.0320. The molecule has 2 unspecified atom stereocenters. The molecule has 0 radical (unpaired) electrons. The molecule has 0 saturated carbocycles. The zero-order chi connectivity index (χ0) is 54.3. The number of esters is 1. The van der Waals surface area contributed by atoms with Gasteiger partial charge < -0.3 is 20.3 Å². The molecule has 0 aliphatic heterocycles.